The number of nitrogens with zero attached hydrogens (tertiary/aromatic N) is 1. The molecule has 9 heteroatoms. The molecule has 1 N–H and O–H groups in total. The van der Waals surface area contributed by atoms with Crippen LogP contribution in [0.1, 0.15) is 28.2 Å². The maximum Gasteiger partial charge on any atom is 0.287 e. The van der Waals surface area contributed by atoms with Crippen molar-refractivity contribution < 1.29 is 23.1 Å². The minimum atomic E-state index is -0.532. The molecule has 0 aliphatic rings. The van der Waals surface area contributed by atoms with E-state index < -0.39 is 11.3 Å². The molecule has 0 spiro atoms. The minimum absolute atomic E-state index is 0.0892. The van der Waals surface area contributed by atoms with Gasteiger partial charge in [0.1, 0.15) is 11.1 Å². The highest BCUT2D eigenvalue weighted by Crippen LogP contribution is 2.41. The fraction of sp³-hybridized carbons (Fsp3) is 0.250. The van der Waals surface area contributed by atoms with Gasteiger partial charge in [-0.15, -0.1) is 11.3 Å². The van der Waals surface area contributed by atoms with Gasteiger partial charge in [-0.25, -0.2) is 4.98 Å². The van der Waals surface area contributed by atoms with E-state index in [1.54, 1.807) is 6.07 Å². The second-order valence-electron chi connectivity index (χ2n) is 6.18. The van der Waals surface area contributed by atoms with Crippen LogP contribution in [-0.4, -0.2) is 25.1 Å². The van der Waals surface area contributed by atoms with E-state index in [0.29, 0.717) is 16.7 Å². The zero-order valence-corrected chi connectivity index (χ0v) is 16.8. The highest BCUT2D eigenvalue weighted by atomic mass is 32.1. The SMILES string of the molecule is CCc1nc(CNC(=O)c2cc(=O)c3c(OC)c4ccoc4c(OC)c3o2)cs1. The van der Waals surface area contributed by atoms with Gasteiger partial charge in [-0.05, 0) is 12.5 Å². The number of hydrogen-bond acceptors (Lipinski definition) is 8. The van der Waals surface area contributed by atoms with E-state index in [0.717, 1.165) is 23.2 Å². The highest BCUT2D eigenvalue weighted by molar-refractivity contribution is 7.09. The second-order valence-corrected chi connectivity index (χ2v) is 7.12. The van der Waals surface area contributed by atoms with E-state index in [4.69, 9.17) is 18.3 Å². The zero-order valence-electron chi connectivity index (χ0n) is 16.0. The molecule has 1 aromatic carbocycles. The van der Waals surface area contributed by atoms with E-state index in [2.05, 4.69) is 10.3 Å². The molecule has 0 saturated heterocycles. The molecule has 3 heterocycles. The summed E-state index contributed by atoms with van der Waals surface area (Å²) in [5, 5.41) is 6.36. The molecule has 0 bridgehead atoms. The summed E-state index contributed by atoms with van der Waals surface area (Å²) in [7, 11) is 2.88. The van der Waals surface area contributed by atoms with Gasteiger partial charge in [0.25, 0.3) is 5.91 Å². The first kappa shape index (κ1) is 19.0. The Morgan fingerprint density at radius 2 is 2.03 bits per heavy atom. The Bertz CT molecular complexity index is 1270. The fourth-order valence-corrected chi connectivity index (χ4v) is 3.87. The van der Waals surface area contributed by atoms with Gasteiger partial charge in [-0.2, -0.15) is 0 Å². The molecule has 0 radical (unpaired) electrons. The van der Waals surface area contributed by atoms with E-state index >= 15 is 0 Å². The molecule has 29 heavy (non-hydrogen) atoms. The average Bonchev–Trinajstić information content (AvgIpc) is 3.39. The summed E-state index contributed by atoms with van der Waals surface area (Å²) < 4.78 is 22.1. The molecule has 150 valence electrons. The number of carbonyl (C=O) groups excluding carboxylic acids is 1. The maximum absolute atomic E-state index is 12.8. The van der Waals surface area contributed by atoms with Gasteiger partial charge in [-0.3, -0.25) is 9.59 Å². The van der Waals surface area contributed by atoms with Crippen LogP contribution in [0.3, 0.4) is 0 Å². The number of benzene rings is 1. The summed E-state index contributed by atoms with van der Waals surface area (Å²) >= 11 is 1.54. The molecule has 0 aliphatic heterocycles. The maximum atomic E-state index is 12.8. The molecule has 0 fully saturated rings. The Kier molecular flexibility index (Phi) is 4.98. The van der Waals surface area contributed by atoms with Gasteiger partial charge in [0.2, 0.25) is 5.75 Å². The van der Waals surface area contributed by atoms with Crippen molar-refractivity contribution in [2.75, 3.05) is 14.2 Å². The summed E-state index contributed by atoms with van der Waals surface area (Å²) in [4.78, 5) is 29.8. The highest BCUT2D eigenvalue weighted by Gasteiger charge is 2.24. The molecule has 3 aromatic heterocycles. The van der Waals surface area contributed by atoms with E-state index in [1.807, 2.05) is 12.3 Å². The lowest BCUT2D eigenvalue weighted by Gasteiger charge is -2.11. The number of rotatable bonds is 6. The van der Waals surface area contributed by atoms with E-state index in [-0.39, 0.29) is 29.0 Å². The Balaban J connectivity index is 1.77. The number of aryl methyl sites for hydroxylation is 1. The largest absolute Gasteiger partial charge is 0.495 e. The third kappa shape index (κ3) is 3.23. The number of carbonyl (C=O) groups is 1. The zero-order chi connectivity index (χ0) is 20.5. The number of amides is 1. The van der Waals surface area contributed by atoms with Crippen LogP contribution in [0.2, 0.25) is 0 Å². The van der Waals surface area contributed by atoms with Crippen molar-refractivity contribution in [2.24, 2.45) is 0 Å². The van der Waals surface area contributed by atoms with Crippen molar-refractivity contribution in [3.05, 3.63) is 50.5 Å². The van der Waals surface area contributed by atoms with Gasteiger partial charge >= 0.3 is 0 Å². The number of methoxy groups -OCH3 is 2. The van der Waals surface area contributed by atoms with Crippen molar-refractivity contribution in [2.45, 2.75) is 19.9 Å². The van der Waals surface area contributed by atoms with Crippen LogP contribution in [-0.2, 0) is 13.0 Å². The van der Waals surface area contributed by atoms with Gasteiger partial charge < -0.3 is 23.6 Å². The molecular weight excluding hydrogens is 396 g/mol. The molecule has 0 atom stereocenters. The third-order valence-electron chi connectivity index (χ3n) is 4.46. The van der Waals surface area contributed by atoms with Gasteiger partial charge in [0.05, 0.1) is 43.1 Å². The third-order valence-corrected chi connectivity index (χ3v) is 5.50. The van der Waals surface area contributed by atoms with Crippen LogP contribution < -0.4 is 20.2 Å². The van der Waals surface area contributed by atoms with Crippen molar-refractivity contribution >= 4 is 39.2 Å². The van der Waals surface area contributed by atoms with E-state index in [9.17, 15) is 9.59 Å². The Labute approximate surface area is 169 Å². The molecule has 0 saturated carbocycles. The Hall–Kier alpha value is -3.33. The van der Waals surface area contributed by atoms with Crippen molar-refractivity contribution in [3.63, 3.8) is 0 Å². The van der Waals surface area contributed by atoms with Crippen molar-refractivity contribution in [3.8, 4) is 11.5 Å². The van der Waals surface area contributed by atoms with Gasteiger partial charge in [-0.1, -0.05) is 6.92 Å². The number of aromatic nitrogens is 1. The Morgan fingerprint density at radius 3 is 2.72 bits per heavy atom. The van der Waals surface area contributed by atoms with Crippen molar-refractivity contribution in [1.82, 2.24) is 10.3 Å². The first-order chi connectivity index (χ1) is 14.1. The smallest absolute Gasteiger partial charge is 0.287 e. The topological polar surface area (TPSA) is 104 Å². The molecule has 0 aliphatic carbocycles. The monoisotopic (exact) mass is 414 g/mol. The lowest BCUT2D eigenvalue weighted by molar-refractivity contribution is 0.0923. The van der Waals surface area contributed by atoms with Crippen LogP contribution in [0.15, 0.2) is 37.4 Å². The standard InChI is InChI=1S/C20H18N2O6S/c1-4-14-22-10(9-29-14)8-21-20(24)13-7-12(23)15-16(25-2)11-5-6-27-17(11)19(26-3)18(15)28-13/h5-7,9H,4,8H2,1-3H3,(H,21,24). The van der Waals surface area contributed by atoms with Crippen LogP contribution in [0, 0.1) is 0 Å². The summed E-state index contributed by atoms with van der Waals surface area (Å²) in [5.74, 6) is -0.144. The van der Waals surface area contributed by atoms with Crippen LogP contribution in [0.25, 0.3) is 21.9 Å². The molecule has 8 nitrogen and oxygen atoms in total. The number of fused-ring (bicyclic) bond motifs is 2. The lowest BCUT2D eigenvalue weighted by Crippen LogP contribution is -2.24. The lowest BCUT2D eigenvalue weighted by atomic mass is 10.1. The number of furan rings is 1. The average molecular weight is 414 g/mol. The predicted molar refractivity (Wildman–Crippen MR) is 108 cm³/mol. The van der Waals surface area contributed by atoms with Crippen LogP contribution in [0.5, 0.6) is 11.5 Å². The van der Waals surface area contributed by atoms with Gasteiger partial charge in [0, 0.05) is 11.4 Å². The van der Waals surface area contributed by atoms with Gasteiger partial charge in [0.15, 0.2) is 22.4 Å². The fourth-order valence-electron chi connectivity index (χ4n) is 3.13. The first-order valence-electron chi connectivity index (χ1n) is 8.87. The molecule has 0 unspecified atom stereocenters. The summed E-state index contributed by atoms with van der Waals surface area (Å²) in [5.41, 5.74) is 0.787. The number of hydrogen-bond donors (Lipinski definition) is 1. The molecule has 4 aromatic rings. The second kappa shape index (κ2) is 7.59. The Morgan fingerprint density at radius 1 is 1.24 bits per heavy atom. The normalized spacial score (nSPS) is 11.1. The molecular formula is C20H18N2O6S. The number of ether oxygens (including phenoxy) is 2. The predicted octanol–water partition coefficient (Wildman–Crippen LogP) is 3.51. The van der Waals surface area contributed by atoms with Crippen LogP contribution >= 0.6 is 11.3 Å². The first-order valence-corrected chi connectivity index (χ1v) is 9.75. The number of nitrogens with one attached hydrogen (secondary N) is 1. The van der Waals surface area contributed by atoms with Crippen molar-refractivity contribution in [1.29, 1.82) is 0 Å². The van der Waals surface area contributed by atoms with Crippen LogP contribution in [0.4, 0.5) is 0 Å². The molecule has 1 amide bonds. The summed E-state index contributed by atoms with van der Waals surface area (Å²) in [6, 6.07) is 2.82. The summed E-state index contributed by atoms with van der Waals surface area (Å²) in [6.07, 6.45) is 2.30. The van der Waals surface area contributed by atoms with E-state index in [1.165, 1.54) is 31.8 Å². The molecule has 4 rings (SSSR count). The summed E-state index contributed by atoms with van der Waals surface area (Å²) in [6.45, 7) is 2.25. The minimum Gasteiger partial charge on any atom is -0.495 e. The quantitative estimate of drug-likeness (QED) is 0.515. The number of thiazole rings is 1.